The van der Waals surface area contributed by atoms with Crippen molar-refractivity contribution in [1.82, 2.24) is 3.56 Å². The van der Waals surface area contributed by atoms with E-state index in [1.54, 1.807) is 17.8 Å². The number of hydrogen-bond donors (Lipinski definition) is 0. The maximum absolute atomic E-state index is 12.4. The molecule has 1 heterocycles. The van der Waals surface area contributed by atoms with Gasteiger partial charge >= 0.3 is 122 Å². The quantitative estimate of drug-likeness (QED) is 0.689. The molecule has 0 aliphatic carbocycles. The van der Waals surface area contributed by atoms with Gasteiger partial charge in [0.25, 0.3) is 0 Å². The molecule has 0 aliphatic rings. The number of methoxy groups -OCH3 is 2. The fraction of sp³-hybridized carbons (Fsp3) is 0.133. The SMILES string of the molecule is COc1ccc(-n2[se]c3ccccc3c2=O)cc1OC. The van der Waals surface area contributed by atoms with E-state index in [9.17, 15) is 4.79 Å². The number of ether oxygens (including phenoxy) is 2. The maximum atomic E-state index is 12.4. The van der Waals surface area contributed by atoms with Crippen LogP contribution >= 0.6 is 0 Å². The van der Waals surface area contributed by atoms with E-state index in [0.29, 0.717) is 11.5 Å². The summed E-state index contributed by atoms with van der Waals surface area (Å²) >= 11 is -0.0344. The summed E-state index contributed by atoms with van der Waals surface area (Å²) in [6.45, 7) is 0. The molecule has 20 heavy (non-hydrogen) atoms. The Morgan fingerprint density at radius 1 is 1.00 bits per heavy atom. The fourth-order valence-corrected chi connectivity index (χ4v) is 4.17. The molecule has 4 nitrogen and oxygen atoms in total. The van der Waals surface area contributed by atoms with Gasteiger partial charge < -0.3 is 0 Å². The van der Waals surface area contributed by atoms with Crippen LogP contribution < -0.4 is 15.0 Å². The molecular formula is C15H13NO3Se. The summed E-state index contributed by atoms with van der Waals surface area (Å²) in [5.41, 5.74) is 0.886. The Bertz CT molecular complexity index is 819. The van der Waals surface area contributed by atoms with Crippen LogP contribution in [0.15, 0.2) is 47.3 Å². The van der Waals surface area contributed by atoms with E-state index in [1.807, 2.05) is 42.5 Å². The molecule has 0 unspecified atom stereocenters. The number of nitrogens with zero attached hydrogens (tertiary/aromatic N) is 1. The Hall–Kier alpha value is -1.97. The second-order valence-electron chi connectivity index (χ2n) is 4.23. The van der Waals surface area contributed by atoms with E-state index in [4.69, 9.17) is 9.47 Å². The zero-order valence-electron chi connectivity index (χ0n) is 11.1. The molecule has 0 radical (unpaired) electrons. The van der Waals surface area contributed by atoms with Gasteiger partial charge in [-0.05, 0) is 0 Å². The van der Waals surface area contributed by atoms with Gasteiger partial charge in [-0.1, -0.05) is 0 Å². The molecule has 1 aromatic heterocycles. The standard InChI is InChI=1S/C15H13NO3Se/c1-18-12-8-7-10(9-13(12)19-2)16-15(17)11-5-3-4-6-14(11)20-16/h3-9H,1-2H3. The van der Waals surface area contributed by atoms with Crippen molar-refractivity contribution < 1.29 is 9.47 Å². The number of hydrogen-bond acceptors (Lipinski definition) is 3. The molecule has 0 N–H and O–H groups in total. The van der Waals surface area contributed by atoms with E-state index >= 15 is 0 Å². The van der Waals surface area contributed by atoms with Crippen molar-refractivity contribution in [2.75, 3.05) is 14.2 Å². The minimum atomic E-state index is -0.0344. The Morgan fingerprint density at radius 3 is 2.45 bits per heavy atom. The van der Waals surface area contributed by atoms with Crippen molar-refractivity contribution in [2.24, 2.45) is 0 Å². The molecule has 0 spiro atoms. The van der Waals surface area contributed by atoms with Crippen LogP contribution in [0.1, 0.15) is 0 Å². The van der Waals surface area contributed by atoms with Gasteiger partial charge in [0.1, 0.15) is 0 Å². The normalized spacial score (nSPS) is 10.7. The topological polar surface area (TPSA) is 40.5 Å². The summed E-state index contributed by atoms with van der Waals surface area (Å²) in [6, 6.07) is 13.3. The zero-order chi connectivity index (χ0) is 14.1. The van der Waals surface area contributed by atoms with Crippen molar-refractivity contribution in [2.45, 2.75) is 0 Å². The van der Waals surface area contributed by atoms with E-state index in [2.05, 4.69) is 0 Å². The van der Waals surface area contributed by atoms with Crippen LogP contribution in [0, 0.1) is 0 Å². The average molecular weight is 334 g/mol. The number of aromatic nitrogens is 1. The zero-order valence-corrected chi connectivity index (χ0v) is 12.8. The van der Waals surface area contributed by atoms with E-state index < -0.39 is 0 Å². The van der Waals surface area contributed by atoms with Crippen LogP contribution in [0.5, 0.6) is 11.5 Å². The molecule has 3 aromatic rings. The van der Waals surface area contributed by atoms with Gasteiger partial charge in [0, 0.05) is 0 Å². The molecule has 2 aromatic carbocycles. The minimum absolute atomic E-state index is 0.0344. The van der Waals surface area contributed by atoms with Gasteiger partial charge in [-0.25, -0.2) is 0 Å². The summed E-state index contributed by atoms with van der Waals surface area (Å²) in [4.78, 5) is 12.4. The van der Waals surface area contributed by atoms with Crippen molar-refractivity contribution in [3.63, 3.8) is 0 Å². The van der Waals surface area contributed by atoms with Gasteiger partial charge in [-0.2, -0.15) is 0 Å². The summed E-state index contributed by atoms with van der Waals surface area (Å²) in [5.74, 6) is 1.29. The van der Waals surface area contributed by atoms with Crippen molar-refractivity contribution >= 4 is 24.4 Å². The number of rotatable bonds is 3. The molecule has 0 amide bonds. The van der Waals surface area contributed by atoms with Crippen LogP contribution in [0.4, 0.5) is 0 Å². The Balaban J connectivity index is 2.20. The molecule has 0 fully saturated rings. The third-order valence-corrected chi connectivity index (χ3v) is 5.43. The monoisotopic (exact) mass is 335 g/mol. The third-order valence-electron chi connectivity index (χ3n) is 3.09. The predicted molar refractivity (Wildman–Crippen MR) is 79.6 cm³/mol. The molecule has 0 aliphatic heterocycles. The Kier molecular flexibility index (Phi) is 3.38. The Morgan fingerprint density at radius 2 is 1.75 bits per heavy atom. The first kappa shape index (κ1) is 13.0. The third kappa shape index (κ3) is 2.05. The summed E-state index contributed by atoms with van der Waals surface area (Å²) in [7, 11) is 3.19. The molecule has 102 valence electrons. The first-order valence-electron chi connectivity index (χ1n) is 6.08. The van der Waals surface area contributed by atoms with Crippen LogP contribution in [0.3, 0.4) is 0 Å². The van der Waals surface area contributed by atoms with Crippen LogP contribution in [0.25, 0.3) is 15.3 Å². The van der Waals surface area contributed by atoms with E-state index in [-0.39, 0.29) is 20.3 Å². The molecule has 0 atom stereocenters. The molecule has 3 rings (SSSR count). The van der Waals surface area contributed by atoms with Gasteiger partial charge in [0.2, 0.25) is 0 Å². The van der Waals surface area contributed by atoms with Crippen LogP contribution in [-0.4, -0.2) is 32.5 Å². The van der Waals surface area contributed by atoms with Crippen molar-refractivity contribution in [3.8, 4) is 17.2 Å². The van der Waals surface area contributed by atoms with Crippen LogP contribution in [-0.2, 0) is 0 Å². The molecule has 0 saturated heterocycles. The summed E-state index contributed by atoms with van der Waals surface area (Å²) in [5, 5.41) is 0.794. The molecule has 0 bridgehead atoms. The second kappa shape index (κ2) is 5.19. The number of benzene rings is 2. The van der Waals surface area contributed by atoms with Crippen molar-refractivity contribution in [1.29, 1.82) is 0 Å². The van der Waals surface area contributed by atoms with Crippen molar-refractivity contribution in [3.05, 3.63) is 52.8 Å². The first-order valence-corrected chi connectivity index (χ1v) is 7.70. The fourth-order valence-electron chi connectivity index (χ4n) is 2.09. The number of fused-ring (bicyclic) bond motifs is 1. The molecule has 0 saturated carbocycles. The Labute approximate surface area is 122 Å². The van der Waals surface area contributed by atoms with Gasteiger partial charge in [-0.3, -0.25) is 0 Å². The average Bonchev–Trinajstić information content (AvgIpc) is 2.84. The van der Waals surface area contributed by atoms with Gasteiger partial charge in [-0.15, -0.1) is 0 Å². The first-order chi connectivity index (χ1) is 9.74. The van der Waals surface area contributed by atoms with Gasteiger partial charge in [0.05, 0.1) is 0 Å². The molecule has 5 heteroatoms. The predicted octanol–water partition coefficient (Wildman–Crippen LogP) is 2.06. The van der Waals surface area contributed by atoms with Gasteiger partial charge in [0.15, 0.2) is 0 Å². The summed E-state index contributed by atoms with van der Waals surface area (Å²) < 4.78 is 13.4. The molecular weight excluding hydrogens is 321 g/mol. The summed E-state index contributed by atoms with van der Waals surface area (Å²) in [6.07, 6.45) is 0. The van der Waals surface area contributed by atoms with E-state index in [1.165, 1.54) is 0 Å². The van der Waals surface area contributed by atoms with Crippen LogP contribution in [0.2, 0.25) is 0 Å². The second-order valence-corrected chi connectivity index (χ2v) is 6.30. The van der Waals surface area contributed by atoms with E-state index in [0.717, 1.165) is 15.3 Å².